The number of nitrogens with zero attached hydrogens (tertiary/aromatic N) is 1. The van der Waals surface area contributed by atoms with Crippen LogP contribution in [0.4, 0.5) is 13.2 Å². The van der Waals surface area contributed by atoms with Gasteiger partial charge in [0.15, 0.2) is 0 Å². The van der Waals surface area contributed by atoms with Crippen molar-refractivity contribution in [2.75, 3.05) is 19.7 Å². The van der Waals surface area contributed by atoms with Crippen molar-refractivity contribution in [3.05, 3.63) is 29.3 Å². The lowest BCUT2D eigenvalue weighted by molar-refractivity contribution is -0.274. The predicted octanol–water partition coefficient (Wildman–Crippen LogP) is 3.94. The molecular formula is C21H24F3NO4. The van der Waals surface area contributed by atoms with Gasteiger partial charge in [-0.1, -0.05) is 12.1 Å². The maximum absolute atomic E-state index is 12.8. The zero-order chi connectivity index (χ0) is 20.8. The van der Waals surface area contributed by atoms with Crippen LogP contribution in [0.3, 0.4) is 0 Å². The van der Waals surface area contributed by atoms with Crippen molar-refractivity contribution in [3.8, 4) is 5.75 Å². The molecule has 8 heteroatoms. The molecule has 0 bridgehead atoms. The number of hydrogen-bond acceptors (Lipinski definition) is 4. The summed E-state index contributed by atoms with van der Waals surface area (Å²) in [5.74, 6) is -0.00675. The summed E-state index contributed by atoms with van der Waals surface area (Å²) in [6.07, 6.45) is -1.27. The lowest BCUT2D eigenvalue weighted by Crippen LogP contribution is -2.49. The molecule has 1 aliphatic carbocycles. The van der Waals surface area contributed by atoms with Gasteiger partial charge in [0.25, 0.3) is 0 Å². The number of ether oxygens (including phenoxy) is 2. The van der Waals surface area contributed by atoms with Crippen LogP contribution >= 0.6 is 0 Å². The van der Waals surface area contributed by atoms with Crippen LogP contribution in [0.5, 0.6) is 5.75 Å². The third-order valence-electron chi connectivity index (χ3n) is 6.47. The van der Waals surface area contributed by atoms with Crippen LogP contribution in [0.25, 0.3) is 0 Å². The number of cyclic esters (lactones) is 1. The molecule has 0 atom stereocenters. The van der Waals surface area contributed by atoms with E-state index in [1.165, 1.54) is 6.07 Å². The van der Waals surface area contributed by atoms with Crippen molar-refractivity contribution in [1.82, 2.24) is 4.90 Å². The SMILES string of the molecule is Cc1cc(C2CCN(C(=O)C3CC4(COC(=O)C4)C3)CC2)ccc1OC(F)(F)F. The lowest BCUT2D eigenvalue weighted by atomic mass is 9.61. The number of benzene rings is 1. The first kappa shape index (κ1) is 20.0. The molecule has 3 fully saturated rings. The Kier molecular flexibility index (Phi) is 4.99. The zero-order valence-corrected chi connectivity index (χ0v) is 16.3. The van der Waals surface area contributed by atoms with Gasteiger partial charge in [0.1, 0.15) is 5.75 Å². The molecule has 2 aliphatic heterocycles. The molecule has 1 aromatic carbocycles. The largest absolute Gasteiger partial charge is 0.573 e. The third-order valence-corrected chi connectivity index (χ3v) is 6.47. The van der Waals surface area contributed by atoms with Gasteiger partial charge in [-0.25, -0.2) is 0 Å². The minimum Gasteiger partial charge on any atom is -0.465 e. The topological polar surface area (TPSA) is 55.8 Å². The molecule has 29 heavy (non-hydrogen) atoms. The number of amides is 1. The van der Waals surface area contributed by atoms with E-state index in [-0.39, 0.29) is 34.9 Å². The van der Waals surface area contributed by atoms with Crippen LogP contribution in [0.1, 0.15) is 49.1 Å². The second-order valence-electron chi connectivity index (χ2n) is 8.61. The Morgan fingerprint density at radius 2 is 1.93 bits per heavy atom. The van der Waals surface area contributed by atoms with Crippen LogP contribution < -0.4 is 4.74 Å². The first-order valence-electron chi connectivity index (χ1n) is 9.95. The minimum absolute atomic E-state index is 0.0258. The van der Waals surface area contributed by atoms with Crippen LogP contribution in [0.15, 0.2) is 18.2 Å². The Bertz CT molecular complexity index is 809. The molecule has 1 aromatic rings. The molecular weight excluding hydrogens is 387 g/mol. The van der Waals surface area contributed by atoms with Crippen molar-refractivity contribution in [1.29, 1.82) is 0 Å². The molecule has 2 heterocycles. The summed E-state index contributed by atoms with van der Waals surface area (Å²) in [7, 11) is 0. The highest BCUT2D eigenvalue weighted by Crippen LogP contribution is 2.52. The molecule has 0 aromatic heterocycles. The van der Waals surface area contributed by atoms with E-state index in [0.29, 0.717) is 31.7 Å². The molecule has 1 saturated carbocycles. The minimum atomic E-state index is -4.70. The Balaban J connectivity index is 1.30. The molecule has 4 rings (SSSR count). The number of carbonyl (C=O) groups excluding carboxylic acids is 2. The lowest BCUT2D eigenvalue weighted by Gasteiger charge is -2.45. The molecule has 0 N–H and O–H groups in total. The van der Waals surface area contributed by atoms with Crippen LogP contribution in [0, 0.1) is 18.3 Å². The number of alkyl halides is 3. The van der Waals surface area contributed by atoms with E-state index < -0.39 is 6.36 Å². The van der Waals surface area contributed by atoms with Gasteiger partial charge in [-0.3, -0.25) is 9.59 Å². The highest BCUT2D eigenvalue weighted by atomic mass is 19.4. The van der Waals surface area contributed by atoms with Crippen molar-refractivity contribution in [2.45, 2.75) is 51.3 Å². The fourth-order valence-corrected chi connectivity index (χ4v) is 4.92. The Morgan fingerprint density at radius 1 is 1.24 bits per heavy atom. The maximum atomic E-state index is 12.8. The number of hydrogen-bond donors (Lipinski definition) is 0. The molecule has 158 valence electrons. The molecule has 3 aliphatic rings. The van der Waals surface area contributed by atoms with E-state index >= 15 is 0 Å². The smallest absolute Gasteiger partial charge is 0.465 e. The summed E-state index contributed by atoms with van der Waals surface area (Å²) in [4.78, 5) is 26.0. The number of halogens is 3. The van der Waals surface area contributed by atoms with Crippen LogP contribution in [0.2, 0.25) is 0 Å². The van der Waals surface area contributed by atoms with Gasteiger partial charge >= 0.3 is 12.3 Å². The quantitative estimate of drug-likeness (QED) is 0.707. The van der Waals surface area contributed by atoms with Crippen molar-refractivity contribution in [3.63, 3.8) is 0 Å². The Labute approximate surface area is 167 Å². The number of rotatable bonds is 3. The van der Waals surface area contributed by atoms with Gasteiger partial charge in [0.05, 0.1) is 13.0 Å². The van der Waals surface area contributed by atoms with Crippen molar-refractivity contribution in [2.24, 2.45) is 11.3 Å². The number of aryl methyl sites for hydroxylation is 1. The number of carbonyl (C=O) groups is 2. The molecule has 0 radical (unpaired) electrons. The van der Waals surface area contributed by atoms with Crippen molar-refractivity contribution >= 4 is 11.9 Å². The van der Waals surface area contributed by atoms with Gasteiger partial charge in [-0.2, -0.15) is 0 Å². The van der Waals surface area contributed by atoms with E-state index in [2.05, 4.69) is 4.74 Å². The van der Waals surface area contributed by atoms with Crippen LogP contribution in [-0.4, -0.2) is 42.8 Å². The van der Waals surface area contributed by atoms with Crippen LogP contribution in [-0.2, 0) is 14.3 Å². The highest BCUT2D eigenvalue weighted by molar-refractivity contribution is 5.81. The standard InChI is InChI=1S/C21H24F3NO4/c1-13-8-15(2-3-17(13)29-21(22,23)24)14-4-6-25(7-5-14)19(27)16-9-20(10-16)11-18(26)28-12-20/h2-3,8,14,16H,4-7,9-12H2,1H3. The summed E-state index contributed by atoms with van der Waals surface area (Å²) in [6.45, 7) is 3.32. The Morgan fingerprint density at radius 3 is 2.48 bits per heavy atom. The van der Waals surface area contributed by atoms with Gasteiger partial charge < -0.3 is 14.4 Å². The predicted molar refractivity (Wildman–Crippen MR) is 97.2 cm³/mol. The first-order chi connectivity index (χ1) is 13.6. The fourth-order valence-electron chi connectivity index (χ4n) is 4.92. The third kappa shape index (κ3) is 4.21. The average Bonchev–Trinajstić information content (AvgIpc) is 3.03. The van der Waals surface area contributed by atoms with Gasteiger partial charge in [0.2, 0.25) is 5.91 Å². The second kappa shape index (κ2) is 7.22. The van der Waals surface area contributed by atoms with E-state index in [9.17, 15) is 22.8 Å². The average molecular weight is 411 g/mol. The summed E-state index contributed by atoms with van der Waals surface area (Å²) in [5.41, 5.74) is 1.31. The second-order valence-corrected chi connectivity index (χ2v) is 8.61. The highest BCUT2D eigenvalue weighted by Gasteiger charge is 2.53. The first-order valence-corrected chi connectivity index (χ1v) is 9.95. The number of likely N-dealkylation sites (tertiary alicyclic amines) is 1. The van der Waals surface area contributed by atoms with Gasteiger partial charge in [-0.05, 0) is 55.7 Å². The molecule has 5 nitrogen and oxygen atoms in total. The maximum Gasteiger partial charge on any atom is 0.573 e. The fraction of sp³-hybridized carbons (Fsp3) is 0.619. The van der Waals surface area contributed by atoms with E-state index in [1.807, 2.05) is 4.90 Å². The number of esters is 1. The molecule has 2 saturated heterocycles. The van der Waals surface area contributed by atoms with E-state index in [1.54, 1.807) is 19.1 Å². The number of piperidine rings is 1. The van der Waals surface area contributed by atoms with Gasteiger partial charge in [-0.15, -0.1) is 13.2 Å². The Hall–Kier alpha value is -2.25. The summed E-state index contributed by atoms with van der Waals surface area (Å²) in [6, 6.07) is 4.80. The monoisotopic (exact) mass is 411 g/mol. The van der Waals surface area contributed by atoms with E-state index in [4.69, 9.17) is 4.74 Å². The van der Waals surface area contributed by atoms with Crippen molar-refractivity contribution < 1.29 is 32.2 Å². The molecule has 1 amide bonds. The molecule has 1 spiro atoms. The van der Waals surface area contributed by atoms with Gasteiger partial charge in [0, 0.05) is 24.4 Å². The summed E-state index contributed by atoms with van der Waals surface area (Å²) in [5, 5.41) is 0. The normalized spacial score (nSPS) is 27.7. The van der Waals surface area contributed by atoms with E-state index in [0.717, 1.165) is 31.2 Å². The summed E-state index contributed by atoms with van der Waals surface area (Å²) >= 11 is 0. The summed E-state index contributed by atoms with van der Waals surface area (Å²) < 4.78 is 46.4. The molecule has 0 unspecified atom stereocenters. The zero-order valence-electron chi connectivity index (χ0n) is 16.3.